The SMILES string of the molecule is CCN1CCN(C(=O)Cc2ccc3[nH]c(C)cc3c2)CC1. The Bertz CT molecular complexity index is 639. The molecule has 1 saturated heterocycles. The number of aromatic amines is 1. The molecule has 0 saturated carbocycles. The second-order valence-electron chi connectivity index (χ2n) is 5.87. The predicted molar refractivity (Wildman–Crippen MR) is 85.4 cm³/mol. The van der Waals surface area contributed by atoms with E-state index in [4.69, 9.17) is 0 Å². The number of rotatable bonds is 3. The van der Waals surface area contributed by atoms with Crippen molar-refractivity contribution < 1.29 is 4.79 Å². The van der Waals surface area contributed by atoms with Gasteiger partial charge in [-0.2, -0.15) is 0 Å². The molecule has 0 radical (unpaired) electrons. The number of amides is 1. The molecule has 0 unspecified atom stereocenters. The van der Waals surface area contributed by atoms with E-state index in [-0.39, 0.29) is 5.91 Å². The van der Waals surface area contributed by atoms with Crippen molar-refractivity contribution in [3.63, 3.8) is 0 Å². The Hall–Kier alpha value is -1.81. The van der Waals surface area contributed by atoms with Gasteiger partial charge in [-0.1, -0.05) is 13.0 Å². The van der Waals surface area contributed by atoms with E-state index in [9.17, 15) is 4.79 Å². The van der Waals surface area contributed by atoms with Crippen molar-refractivity contribution in [1.82, 2.24) is 14.8 Å². The summed E-state index contributed by atoms with van der Waals surface area (Å²) in [5.41, 5.74) is 3.40. The van der Waals surface area contributed by atoms with E-state index in [2.05, 4.69) is 48.0 Å². The van der Waals surface area contributed by atoms with Gasteiger partial charge in [-0.3, -0.25) is 4.79 Å². The lowest BCUT2D eigenvalue weighted by Crippen LogP contribution is -2.48. The highest BCUT2D eigenvalue weighted by atomic mass is 16.2. The second-order valence-corrected chi connectivity index (χ2v) is 5.87. The van der Waals surface area contributed by atoms with Crippen LogP contribution in [-0.2, 0) is 11.2 Å². The van der Waals surface area contributed by atoms with Gasteiger partial charge in [0.05, 0.1) is 6.42 Å². The smallest absolute Gasteiger partial charge is 0.227 e. The molecule has 1 aliphatic heterocycles. The molecule has 0 atom stereocenters. The maximum atomic E-state index is 12.4. The van der Waals surface area contributed by atoms with Crippen molar-refractivity contribution in [3.05, 3.63) is 35.5 Å². The van der Waals surface area contributed by atoms with Crippen LogP contribution in [0.25, 0.3) is 10.9 Å². The van der Waals surface area contributed by atoms with E-state index < -0.39 is 0 Å². The fourth-order valence-electron chi connectivity index (χ4n) is 3.04. The van der Waals surface area contributed by atoms with Crippen molar-refractivity contribution in [2.24, 2.45) is 0 Å². The largest absolute Gasteiger partial charge is 0.359 e. The molecule has 0 bridgehead atoms. The van der Waals surface area contributed by atoms with Crippen molar-refractivity contribution >= 4 is 16.8 Å². The predicted octanol–water partition coefficient (Wildman–Crippen LogP) is 2.18. The van der Waals surface area contributed by atoms with Gasteiger partial charge in [0.15, 0.2) is 0 Å². The van der Waals surface area contributed by atoms with E-state index in [0.717, 1.165) is 49.5 Å². The quantitative estimate of drug-likeness (QED) is 0.939. The van der Waals surface area contributed by atoms with E-state index in [1.165, 1.54) is 5.39 Å². The third-order valence-corrected chi connectivity index (χ3v) is 4.35. The van der Waals surface area contributed by atoms with Crippen LogP contribution in [0.3, 0.4) is 0 Å². The Labute approximate surface area is 125 Å². The van der Waals surface area contributed by atoms with Gasteiger partial charge in [0, 0.05) is 37.4 Å². The summed E-state index contributed by atoms with van der Waals surface area (Å²) in [7, 11) is 0. The van der Waals surface area contributed by atoms with Crippen LogP contribution in [-0.4, -0.2) is 53.4 Å². The molecule has 4 heteroatoms. The van der Waals surface area contributed by atoms with Gasteiger partial charge in [-0.05, 0) is 42.6 Å². The molecule has 2 aromatic rings. The lowest BCUT2D eigenvalue weighted by Gasteiger charge is -2.34. The number of piperazine rings is 1. The van der Waals surface area contributed by atoms with Crippen LogP contribution in [0.1, 0.15) is 18.2 Å². The van der Waals surface area contributed by atoms with Crippen LogP contribution in [0.15, 0.2) is 24.3 Å². The van der Waals surface area contributed by atoms with Gasteiger partial charge >= 0.3 is 0 Å². The number of nitrogens with one attached hydrogen (secondary N) is 1. The summed E-state index contributed by atoms with van der Waals surface area (Å²) < 4.78 is 0. The maximum Gasteiger partial charge on any atom is 0.227 e. The Kier molecular flexibility index (Phi) is 3.97. The van der Waals surface area contributed by atoms with Gasteiger partial charge in [-0.15, -0.1) is 0 Å². The molecule has 112 valence electrons. The third kappa shape index (κ3) is 3.10. The first-order chi connectivity index (χ1) is 10.2. The second kappa shape index (κ2) is 5.90. The van der Waals surface area contributed by atoms with Crippen molar-refractivity contribution in [2.75, 3.05) is 32.7 Å². The number of aromatic nitrogens is 1. The molecular weight excluding hydrogens is 262 g/mol. The Balaban J connectivity index is 1.65. The minimum Gasteiger partial charge on any atom is -0.359 e. The number of aryl methyl sites for hydroxylation is 1. The summed E-state index contributed by atoms with van der Waals surface area (Å²) in [4.78, 5) is 20.1. The number of carbonyl (C=O) groups is 1. The van der Waals surface area contributed by atoms with Crippen LogP contribution in [0.2, 0.25) is 0 Å². The number of fused-ring (bicyclic) bond motifs is 1. The summed E-state index contributed by atoms with van der Waals surface area (Å²) in [5.74, 6) is 0.248. The Morgan fingerprint density at radius 2 is 1.95 bits per heavy atom. The van der Waals surface area contributed by atoms with E-state index in [1.807, 2.05) is 4.90 Å². The van der Waals surface area contributed by atoms with Crippen LogP contribution >= 0.6 is 0 Å². The van der Waals surface area contributed by atoms with Crippen LogP contribution in [0, 0.1) is 6.92 Å². The zero-order chi connectivity index (χ0) is 14.8. The lowest BCUT2D eigenvalue weighted by molar-refractivity contribution is -0.132. The standard InChI is InChI=1S/C17H23N3O/c1-3-19-6-8-20(9-7-19)17(21)12-14-4-5-16-15(11-14)10-13(2)18-16/h4-5,10-11,18H,3,6-9,12H2,1-2H3. The molecule has 1 aromatic carbocycles. The average molecular weight is 285 g/mol. The molecule has 1 aromatic heterocycles. The Morgan fingerprint density at radius 1 is 1.19 bits per heavy atom. The van der Waals surface area contributed by atoms with E-state index in [1.54, 1.807) is 0 Å². The molecule has 1 fully saturated rings. The molecular formula is C17H23N3O. The average Bonchev–Trinajstić information content (AvgIpc) is 2.86. The number of nitrogens with zero attached hydrogens (tertiary/aromatic N) is 2. The summed E-state index contributed by atoms with van der Waals surface area (Å²) in [6.45, 7) is 9.02. The number of likely N-dealkylation sites (N-methyl/N-ethyl adjacent to an activating group) is 1. The van der Waals surface area contributed by atoms with Gasteiger partial charge in [0.2, 0.25) is 5.91 Å². The van der Waals surface area contributed by atoms with Gasteiger partial charge in [0.1, 0.15) is 0 Å². The summed E-state index contributed by atoms with van der Waals surface area (Å²) >= 11 is 0. The Morgan fingerprint density at radius 3 is 2.67 bits per heavy atom. The monoisotopic (exact) mass is 285 g/mol. The van der Waals surface area contributed by atoms with Gasteiger partial charge in [0.25, 0.3) is 0 Å². The highest BCUT2D eigenvalue weighted by molar-refractivity contribution is 5.84. The molecule has 2 heterocycles. The first-order valence-corrected chi connectivity index (χ1v) is 7.74. The maximum absolute atomic E-state index is 12.4. The van der Waals surface area contributed by atoms with E-state index >= 15 is 0 Å². The van der Waals surface area contributed by atoms with Crippen LogP contribution < -0.4 is 0 Å². The minimum atomic E-state index is 0.248. The van der Waals surface area contributed by atoms with Gasteiger partial charge in [-0.25, -0.2) is 0 Å². The molecule has 1 aliphatic rings. The molecule has 0 aliphatic carbocycles. The number of benzene rings is 1. The fraction of sp³-hybridized carbons (Fsp3) is 0.471. The van der Waals surface area contributed by atoms with Crippen molar-refractivity contribution in [2.45, 2.75) is 20.3 Å². The first kappa shape index (κ1) is 14.1. The molecule has 0 spiro atoms. The highest BCUT2D eigenvalue weighted by Crippen LogP contribution is 2.18. The number of carbonyl (C=O) groups excluding carboxylic acids is 1. The molecule has 1 N–H and O–H groups in total. The van der Waals surface area contributed by atoms with Crippen LogP contribution in [0.4, 0.5) is 0 Å². The highest BCUT2D eigenvalue weighted by Gasteiger charge is 2.20. The topological polar surface area (TPSA) is 39.3 Å². The fourth-order valence-corrected chi connectivity index (χ4v) is 3.04. The molecule has 21 heavy (non-hydrogen) atoms. The van der Waals surface area contributed by atoms with E-state index in [0.29, 0.717) is 6.42 Å². The zero-order valence-corrected chi connectivity index (χ0v) is 12.9. The summed E-state index contributed by atoms with van der Waals surface area (Å²) in [5, 5.41) is 1.19. The molecule has 4 nitrogen and oxygen atoms in total. The van der Waals surface area contributed by atoms with Crippen molar-refractivity contribution in [3.8, 4) is 0 Å². The lowest BCUT2D eigenvalue weighted by atomic mass is 10.1. The molecule has 3 rings (SSSR count). The number of hydrogen-bond donors (Lipinski definition) is 1. The van der Waals surface area contributed by atoms with Crippen molar-refractivity contribution in [1.29, 1.82) is 0 Å². The normalized spacial score (nSPS) is 16.6. The number of hydrogen-bond acceptors (Lipinski definition) is 2. The first-order valence-electron chi connectivity index (χ1n) is 7.74. The van der Waals surface area contributed by atoms with Crippen LogP contribution in [0.5, 0.6) is 0 Å². The molecule has 1 amide bonds. The summed E-state index contributed by atoms with van der Waals surface area (Å²) in [6.07, 6.45) is 0.506. The van der Waals surface area contributed by atoms with Gasteiger partial charge < -0.3 is 14.8 Å². The zero-order valence-electron chi connectivity index (χ0n) is 12.9. The third-order valence-electron chi connectivity index (χ3n) is 4.35. The minimum absolute atomic E-state index is 0.248. The number of H-pyrrole nitrogens is 1. The summed E-state index contributed by atoms with van der Waals surface area (Å²) in [6, 6.07) is 8.38.